The maximum atomic E-state index is 12.7. The Kier molecular flexibility index (Phi) is 3.80. The molecule has 0 N–H and O–H groups in total. The van der Waals surface area contributed by atoms with Crippen LogP contribution in [0.5, 0.6) is 0 Å². The van der Waals surface area contributed by atoms with Gasteiger partial charge in [-0.1, -0.05) is 19.1 Å². The van der Waals surface area contributed by atoms with E-state index in [4.69, 9.17) is 4.74 Å². The summed E-state index contributed by atoms with van der Waals surface area (Å²) in [6.45, 7) is 3.62. The van der Waals surface area contributed by atoms with Crippen LogP contribution in [0, 0.1) is 5.92 Å². The molecule has 19 heavy (non-hydrogen) atoms. The van der Waals surface area contributed by atoms with Crippen LogP contribution in [-0.2, 0) is 9.53 Å². The number of nitrogens with zero attached hydrogens (tertiary/aromatic N) is 1. The minimum absolute atomic E-state index is 0.139. The molecule has 2 unspecified atom stereocenters. The van der Waals surface area contributed by atoms with Crippen molar-refractivity contribution in [2.75, 3.05) is 23.8 Å². The Hall–Kier alpha value is -1.00. The van der Waals surface area contributed by atoms with E-state index in [1.807, 2.05) is 34.9 Å². The van der Waals surface area contributed by atoms with Crippen molar-refractivity contribution < 1.29 is 9.53 Å². The van der Waals surface area contributed by atoms with Gasteiger partial charge in [-0.3, -0.25) is 4.79 Å². The van der Waals surface area contributed by atoms with Gasteiger partial charge in [-0.05, 0) is 36.6 Å². The largest absolute Gasteiger partial charge is 0.368 e. The number of para-hydroxylation sites is 1. The van der Waals surface area contributed by atoms with Crippen LogP contribution in [0.4, 0.5) is 5.69 Å². The van der Waals surface area contributed by atoms with Gasteiger partial charge in [-0.15, -0.1) is 11.8 Å². The van der Waals surface area contributed by atoms with E-state index in [0.717, 1.165) is 30.8 Å². The van der Waals surface area contributed by atoms with Crippen molar-refractivity contribution in [2.24, 2.45) is 5.92 Å². The number of hydrogen-bond acceptors (Lipinski definition) is 3. The van der Waals surface area contributed by atoms with Crippen LogP contribution in [0.1, 0.15) is 19.8 Å². The first-order valence-electron chi connectivity index (χ1n) is 6.92. The second-order valence-corrected chi connectivity index (χ2v) is 6.35. The van der Waals surface area contributed by atoms with Gasteiger partial charge >= 0.3 is 0 Å². The fourth-order valence-corrected chi connectivity index (χ4v) is 3.72. The summed E-state index contributed by atoms with van der Waals surface area (Å²) in [5.41, 5.74) is 1.05. The third kappa shape index (κ3) is 2.51. The van der Waals surface area contributed by atoms with E-state index >= 15 is 0 Å². The highest BCUT2D eigenvalue weighted by molar-refractivity contribution is 7.99. The second-order valence-electron chi connectivity index (χ2n) is 5.22. The maximum absolute atomic E-state index is 12.7. The Morgan fingerprint density at radius 3 is 3.05 bits per heavy atom. The number of thioether (sulfide) groups is 1. The lowest BCUT2D eigenvalue weighted by molar-refractivity contribution is -0.128. The average Bonchev–Trinajstić information content (AvgIpc) is 2.74. The highest BCUT2D eigenvalue weighted by Crippen LogP contribution is 2.35. The van der Waals surface area contributed by atoms with E-state index in [2.05, 4.69) is 13.0 Å². The topological polar surface area (TPSA) is 29.5 Å². The van der Waals surface area contributed by atoms with Crippen molar-refractivity contribution in [3.8, 4) is 0 Å². The monoisotopic (exact) mass is 277 g/mol. The molecule has 1 aromatic rings. The lowest BCUT2D eigenvalue weighted by atomic mass is 10.0. The molecule has 2 atom stereocenters. The number of carbonyl (C=O) groups excluding carboxylic acids is 1. The predicted octanol–water partition coefficient (Wildman–Crippen LogP) is 2.94. The molecule has 0 saturated carbocycles. The molecule has 2 heterocycles. The van der Waals surface area contributed by atoms with Crippen LogP contribution >= 0.6 is 11.8 Å². The Labute approximate surface area is 118 Å². The molecule has 3 nitrogen and oxygen atoms in total. The number of rotatable bonds is 1. The van der Waals surface area contributed by atoms with Gasteiger partial charge in [0.2, 0.25) is 0 Å². The molecule has 0 spiro atoms. The van der Waals surface area contributed by atoms with E-state index in [0.29, 0.717) is 12.5 Å². The normalized spacial score (nSPS) is 26.9. The molecule has 0 bridgehead atoms. The van der Waals surface area contributed by atoms with Crippen molar-refractivity contribution in [2.45, 2.75) is 30.8 Å². The number of hydrogen-bond donors (Lipinski definition) is 0. The first-order valence-corrected chi connectivity index (χ1v) is 7.91. The lowest BCUT2D eigenvalue weighted by Crippen LogP contribution is -2.41. The Bertz CT molecular complexity index is 477. The molecular weight excluding hydrogens is 258 g/mol. The molecule has 1 saturated heterocycles. The molecule has 1 aromatic carbocycles. The zero-order chi connectivity index (χ0) is 13.2. The van der Waals surface area contributed by atoms with E-state index in [9.17, 15) is 4.79 Å². The van der Waals surface area contributed by atoms with Gasteiger partial charge in [0.15, 0.2) is 0 Å². The Morgan fingerprint density at radius 2 is 2.26 bits per heavy atom. The number of fused-ring (bicyclic) bond motifs is 1. The molecule has 0 aromatic heterocycles. The van der Waals surface area contributed by atoms with Crippen LogP contribution in [0.15, 0.2) is 29.2 Å². The molecule has 4 heteroatoms. The minimum Gasteiger partial charge on any atom is -0.368 e. The van der Waals surface area contributed by atoms with Crippen molar-refractivity contribution in [3.63, 3.8) is 0 Å². The van der Waals surface area contributed by atoms with Gasteiger partial charge in [0, 0.05) is 18.0 Å². The summed E-state index contributed by atoms with van der Waals surface area (Å²) in [7, 11) is 0. The van der Waals surface area contributed by atoms with Gasteiger partial charge in [0.1, 0.15) is 6.10 Å². The molecule has 1 fully saturated rings. The summed E-state index contributed by atoms with van der Waals surface area (Å²) >= 11 is 1.84. The number of anilines is 1. The fraction of sp³-hybridized carbons (Fsp3) is 0.533. The van der Waals surface area contributed by atoms with Crippen LogP contribution < -0.4 is 4.90 Å². The molecule has 1 amide bonds. The van der Waals surface area contributed by atoms with Crippen molar-refractivity contribution in [1.29, 1.82) is 0 Å². The SMILES string of the molecule is CC1CCOC1C(=O)N1CCCSc2ccccc21. The highest BCUT2D eigenvalue weighted by atomic mass is 32.2. The number of benzene rings is 1. The third-order valence-corrected chi connectivity index (χ3v) is 4.99. The Balaban J connectivity index is 1.89. The first kappa shape index (κ1) is 13.0. The fourth-order valence-electron chi connectivity index (χ4n) is 2.72. The lowest BCUT2D eigenvalue weighted by Gasteiger charge is -2.26. The van der Waals surface area contributed by atoms with Crippen molar-refractivity contribution >= 4 is 23.4 Å². The van der Waals surface area contributed by atoms with E-state index in [-0.39, 0.29) is 12.0 Å². The molecule has 0 radical (unpaired) electrons. The maximum Gasteiger partial charge on any atom is 0.256 e. The van der Waals surface area contributed by atoms with Gasteiger partial charge in [-0.2, -0.15) is 0 Å². The summed E-state index contributed by atoms with van der Waals surface area (Å²) in [6.07, 6.45) is 1.77. The molecular formula is C15H19NO2S. The smallest absolute Gasteiger partial charge is 0.256 e. The van der Waals surface area contributed by atoms with Gasteiger partial charge in [0.25, 0.3) is 5.91 Å². The standard InChI is InChI=1S/C15H19NO2S/c1-11-7-9-18-14(11)15(17)16-8-4-10-19-13-6-3-2-5-12(13)16/h2-3,5-6,11,14H,4,7-10H2,1H3. The highest BCUT2D eigenvalue weighted by Gasteiger charge is 2.35. The predicted molar refractivity (Wildman–Crippen MR) is 77.7 cm³/mol. The average molecular weight is 277 g/mol. The molecule has 2 aliphatic heterocycles. The quantitative estimate of drug-likeness (QED) is 0.790. The zero-order valence-electron chi connectivity index (χ0n) is 11.2. The number of ether oxygens (including phenoxy) is 1. The Morgan fingerprint density at radius 1 is 1.42 bits per heavy atom. The van der Waals surface area contributed by atoms with E-state index in [1.54, 1.807) is 0 Å². The zero-order valence-corrected chi connectivity index (χ0v) is 12.0. The van der Waals surface area contributed by atoms with Crippen LogP contribution in [0.2, 0.25) is 0 Å². The second kappa shape index (κ2) is 5.55. The van der Waals surface area contributed by atoms with Crippen molar-refractivity contribution in [1.82, 2.24) is 0 Å². The van der Waals surface area contributed by atoms with Crippen LogP contribution in [0.25, 0.3) is 0 Å². The number of amides is 1. The van der Waals surface area contributed by atoms with Gasteiger partial charge in [0.05, 0.1) is 5.69 Å². The van der Waals surface area contributed by atoms with Crippen LogP contribution in [0.3, 0.4) is 0 Å². The molecule has 3 rings (SSSR count). The summed E-state index contributed by atoms with van der Waals surface area (Å²) in [4.78, 5) is 15.9. The summed E-state index contributed by atoms with van der Waals surface area (Å²) in [5.74, 6) is 1.54. The first-order chi connectivity index (χ1) is 9.27. The summed E-state index contributed by atoms with van der Waals surface area (Å²) in [6, 6.07) is 8.19. The molecule has 102 valence electrons. The molecule has 2 aliphatic rings. The van der Waals surface area contributed by atoms with Gasteiger partial charge in [-0.25, -0.2) is 0 Å². The van der Waals surface area contributed by atoms with E-state index in [1.165, 1.54) is 4.90 Å². The summed E-state index contributed by atoms with van der Waals surface area (Å²) in [5, 5.41) is 0. The third-order valence-electron chi connectivity index (χ3n) is 3.84. The van der Waals surface area contributed by atoms with E-state index < -0.39 is 0 Å². The minimum atomic E-state index is -0.254. The van der Waals surface area contributed by atoms with Gasteiger partial charge < -0.3 is 9.64 Å². The number of carbonyl (C=O) groups is 1. The molecule has 0 aliphatic carbocycles. The van der Waals surface area contributed by atoms with Crippen LogP contribution in [-0.4, -0.2) is 30.9 Å². The summed E-state index contributed by atoms with van der Waals surface area (Å²) < 4.78 is 5.64. The van der Waals surface area contributed by atoms with Crippen molar-refractivity contribution in [3.05, 3.63) is 24.3 Å².